The van der Waals surface area contributed by atoms with Gasteiger partial charge in [0.2, 0.25) is 0 Å². The van der Waals surface area contributed by atoms with Crippen molar-refractivity contribution in [3.05, 3.63) is 58.7 Å². The van der Waals surface area contributed by atoms with Crippen molar-refractivity contribution >= 4 is 5.91 Å². The molecule has 0 saturated carbocycles. The van der Waals surface area contributed by atoms with Crippen molar-refractivity contribution in [1.29, 1.82) is 0 Å². The highest BCUT2D eigenvalue weighted by Crippen LogP contribution is 2.34. The van der Waals surface area contributed by atoms with Crippen molar-refractivity contribution in [3.8, 4) is 11.5 Å². The van der Waals surface area contributed by atoms with Gasteiger partial charge in [-0.2, -0.15) is 0 Å². The highest BCUT2D eigenvalue weighted by molar-refractivity contribution is 5.97. The van der Waals surface area contributed by atoms with Gasteiger partial charge in [0.15, 0.2) is 0 Å². The monoisotopic (exact) mass is 399 g/mol. The van der Waals surface area contributed by atoms with Crippen molar-refractivity contribution in [2.45, 2.75) is 45.6 Å². The molecule has 1 amide bonds. The normalized spacial score (nSPS) is 12.0. The van der Waals surface area contributed by atoms with Gasteiger partial charge >= 0.3 is 0 Å². The molecular formula is C24H33NO4. The summed E-state index contributed by atoms with van der Waals surface area (Å²) in [6.45, 7) is 6.79. The number of hydrogen-bond acceptors (Lipinski definition) is 4. The molecule has 2 aromatic rings. The summed E-state index contributed by atoms with van der Waals surface area (Å²) in [5.74, 6) is 1.45. The molecule has 0 fully saturated rings. The van der Waals surface area contributed by atoms with Gasteiger partial charge in [-0.15, -0.1) is 0 Å². The molecule has 0 aliphatic carbocycles. The second kappa shape index (κ2) is 10.3. The van der Waals surface area contributed by atoms with E-state index in [1.165, 1.54) is 0 Å². The fourth-order valence-corrected chi connectivity index (χ4v) is 3.51. The Balaban J connectivity index is 2.31. The average Bonchev–Trinajstić information content (AvgIpc) is 2.73. The third-order valence-electron chi connectivity index (χ3n) is 5.31. The number of nitrogens with zero attached hydrogens (tertiary/aromatic N) is 1. The van der Waals surface area contributed by atoms with Crippen molar-refractivity contribution in [2.75, 3.05) is 27.9 Å². The van der Waals surface area contributed by atoms with Gasteiger partial charge in [0.05, 0.1) is 19.8 Å². The molecule has 0 aromatic heterocycles. The lowest BCUT2D eigenvalue weighted by atomic mass is 9.95. The number of methoxy groups -OCH3 is 2. The number of hydrogen-bond donors (Lipinski definition) is 1. The Bertz CT molecular complexity index is 828. The number of rotatable bonds is 9. The molecule has 0 aliphatic heterocycles. The SMILES string of the molecule is CCC(CO)c1cccc(CN(C)C(=O)c2cc(C(C)C)c(OC)cc2OC)c1. The third-order valence-corrected chi connectivity index (χ3v) is 5.31. The fraction of sp³-hybridized carbons (Fsp3) is 0.458. The van der Waals surface area contributed by atoms with E-state index >= 15 is 0 Å². The van der Waals surface area contributed by atoms with Gasteiger partial charge < -0.3 is 19.5 Å². The van der Waals surface area contributed by atoms with E-state index in [0.717, 1.165) is 28.9 Å². The summed E-state index contributed by atoms with van der Waals surface area (Å²) < 4.78 is 10.9. The van der Waals surface area contributed by atoms with Gasteiger partial charge in [0, 0.05) is 32.2 Å². The maximum absolute atomic E-state index is 13.2. The number of benzene rings is 2. The lowest BCUT2D eigenvalue weighted by Gasteiger charge is -2.22. The Labute approximate surface area is 174 Å². The Morgan fingerprint density at radius 1 is 1.10 bits per heavy atom. The molecule has 0 radical (unpaired) electrons. The molecule has 5 nitrogen and oxygen atoms in total. The van der Waals surface area contributed by atoms with Gasteiger partial charge in [-0.1, -0.05) is 45.0 Å². The minimum atomic E-state index is -0.106. The molecule has 29 heavy (non-hydrogen) atoms. The molecule has 0 bridgehead atoms. The Kier molecular flexibility index (Phi) is 8.09. The van der Waals surface area contributed by atoms with Gasteiger partial charge in [0.25, 0.3) is 5.91 Å². The second-order valence-electron chi connectivity index (χ2n) is 7.64. The van der Waals surface area contributed by atoms with E-state index in [0.29, 0.717) is 17.9 Å². The second-order valence-corrected chi connectivity index (χ2v) is 7.64. The van der Waals surface area contributed by atoms with Crippen LogP contribution in [0.5, 0.6) is 11.5 Å². The average molecular weight is 400 g/mol. The maximum Gasteiger partial charge on any atom is 0.257 e. The van der Waals surface area contributed by atoms with Crippen LogP contribution in [0.1, 0.15) is 66.1 Å². The van der Waals surface area contributed by atoms with E-state index in [-0.39, 0.29) is 24.3 Å². The first-order chi connectivity index (χ1) is 13.9. The van der Waals surface area contributed by atoms with Crippen LogP contribution < -0.4 is 9.47 Å². The predicted molar refractivity (Wildman–Crippen MR) is 116 cm³/mol. The van der Waals surface area contributed by atoms with E-state index in [1.807, 2.05) is 24.3 Å². The number of aliphatic hydroxyl groups excluding tert-OH is 1. The first kappa shape index (κ1) is 22.8. The molecule has 0 spiro atoms. The predicted octanol–water partition coefficient (Wildman–Crippen LogP) is 4.59. The van der Waals surface area contributed by atoms with E-state index < -0.39 is 0 Å². The standard InChI is InChI=1S/C24H33NO4/c1-7-18(15-26)19-10-8-9-17(11-19)14-25(4)24(27)21-12-20(16(2)3)22(28-5)13-23(21)29-6/h8-13,16,18,26H,7,14-15H2,1-6H3. The molecule has 2 rings (SSSR count). The molecule has 1 atom stereocenters. The Hall–Kier alpha value is -2.53. The van der Waals surface area contributed by atoms with Gasteiger partial charge in [0.1, 0.15) is 11.5 Å². The van der Waals surface area contributed by atoms with Crippen LogP contribution in [0.15, 0.2) is 36.4 Å². The lowest BCUT2D eigenvalue weighted by Crippen LogP contribution is -2.27. The van der Waals surface area contributed by atoms with E-state index in [4.69, 9.17) is 9.47 Å². The van der Waals surface area contributed by atoms with Crippen molar-refractivity contribution in [3.63, 3.8) is 0 Å². The number of ether oxygens (including phenoxy) is 2. The van der Waals surface area contributed by atoms with Crippen molar-refractivity contribution in [1.82, 2.24) is 4.90 Å². The summed E-state index contributed by atoms with van der Waals surface area (Å²) in [4.78, 5) is 14.9. The van der Waals surface area contributed by atoms with E-state index in [1.54, 1.807) is 32.2 Å². The number of aliphatic hydroxyl groups is 1. The van der Waals surface area contributed by atoms with Crippen LogP contribution >= 0.6 is 0 Å². The van der Waals surface area contributed by atoms with Crippen LogP contribution in [0.3, 0.4) is 0 Å². The summed E-state index contributed by atoms with van der Waals surface area (Å²) in [6.07, 6.45) is 0.871. The smallest absolute Gasteiger partial charge is 0.257 e. The summed E-state index contributed by atoms with van der Waals surface area (Å²) >= 11 is 0. The highest BCUT2D eigenvalue weighted by Gasteiger charge is 2.21. The van der Waals surface area contributed by atoms with Crippen LogP contribution in [-0.4, -0.2) is 43.8 Å². The molecule has 0 aliphatic rings. The zero-order chi connectivity index (χ0) is 21.6. The Morgan fingerprint density at radius 2 is 1.79 bits per heavy atom. The van der Waals surface area contributed by atoms with Crippen LogP contribution in [0.25, 0.3) is 0 Å². The van der Waals surface area contributed by atoms with Crippen LogP contribution in [-0.2, 0) is 6.54 Å². The minimum Gasteiger partial charge on any atom is -0.496 e. The van der Waals surface area contributed by atoms with Crippen LogP contribution in [0.4, 0.5) is 0 Å². The van der Waals surface area contributed by atoms with Gasteiger partial charge in [-0.3, -0.25) is 4.79 Å². The number of amides is 1. The zero-order valence-electron chi connectivity index (χ0n) is 18.4. The maximum atomic E-state index is 13.2. The van der Waals surface area contributed by atoms with Crippen LogP contribution in [0, 0.1) is 0 Å². The first-order valence-corrected chi connectivity index (χ1v) is 10.1. The topological polar surface area (TPSA) is 59.0 Å². The molecule has 1 unspecified atom stereocenters. The number of carbonyl (C=O) groups excluding carboxylic acids is 1. The van der Waals surface area contributed by atoms with E-state index in [9.17, 15) is 9.90 Å². The summed E-state index contributed by atoms with van der Waals surface area (Å²) in [5.41, 5.74) is 3.62. The fourth-order valence-electron chi connectivity index (χ4n) is 3.51. The first-order valence-electron chi connectivity index (χ1n) is 10.1. The van der Waals surface area contributed by atoms with Gasteiger partial charge in [-0.25, -0.2) is 0 Å². The molecule has 1 N–H and O–H groups in total. The van der Waals surface area contributed by atoms with Gasteiger partial charge in [-0.05, 0) is 35.1 Å². The molecule has 0 heterocycles. The molecule has 5 heteroatoms. The minimum absolute atomic E-state index is 0.106. The summed E-state index contributed by atoms with van der Waals surface area (Å²) in [6, 6.07) is 11.7. The zero-order valence-corrected chi connectivity index (χ0v) is 18.4. The van der Waals surface area contributed by atoms with Crippen LogP contribution in [0.2, 0.25) is 0 Å². The van der Waals surface area contributed by atoms with Crippen molar-refractivity contribution < 1.29 is 19.4 Å². The third kappa shape index (κ3) is 5.30. The summed E-state index contributed by atoms with van der Waals surface area (Å²) in [5, 5.41) is 9.57. The number of carbonyl (C=O) groups is 1. The lowest BCUT2D eigenvalue weighted by molar-refractivity contribution is 0.0781. The molecule has 0 saturated heterocycles. The molecule has 158 valence electrons. The summed E-state index contributed by atoms with van der Waals surface area (Å²) in [7, 11) is 4.97. The molecular weight excluding hydrogens is 366 g/mol. The Morgan fingerprint density at radius 3 is 2.34 bits per heavy atom. The van der Waals surface area contributed by atoms with Crippen molar-refractivity contribution in [2.24, 2.45) is 0 Å². The molecule has 2 aromatic carbocycles. The largest absolute Gasteiger partial charge is 0.496 e. The highest BCUT2D eigenvalue weighted by atomic mass is 16.5. The van der Waals surface area contributed by atoms with E-state index in [2.05, 4.69) is 26.8 Å². The quantitative estimate of drug-likeness (QED) is 0.670.